The topological polar surface area (TPSA) is 73.4 Å². The second kappa shape index (κ2) is 9.56. The lowest BCUT2D eigenvalue weighted by atomic mass is 10.2. The molecule has 0 atom stereocenters. The highest BCUT2D eigenvalue weighted by molar-refractivity contribution is 6.30. The summed E-state index contributed by atoms with van der Waals surface area (Å²) in [5.74, 6) is 1.26. The number of amides is 2. The zero-order chi connectivity index (χ0) is 20.8. The molecule has 1 aromatic heterocycles. The van der Waals surface area contributed by atoms with Crippen molar-refractivity contribution in [3.05, 3.63) is 77.6 Å². The number of piperazine rings is 1. The van der Waals surface area contributed by atoms with E-state index < -0.39 is 0 Å². The molecule has 1 aliphatic rings. The van der Waals surface area contributed by atoms with Gasteiger partial charge in [-0.2, -0.15) is 0 Å². The van der Waals surface area contributed by atoms with Gasteiger partial charge in [0.2, 0.25) is 0 Å². The summed E-state index contributed by atoms with van der Waals surface area (Å²) >= 11 is 5.95. The van der Waals surface area contributed by atoms with Crippen molar-refractivity contribution in [2.24, 2.45) is 0 Å². The lowest BCUT2D eigenvalue weighted by molar-refractivity contribution is 0.249. The van der Waals surface area contributed by atoms with Gasteiger partial charge >= 0.3 is 6.03 Å². The molecule has 0 unspecified atom stereocenters. The van der Waals surface area contributed by atoms with Gasteiger partial charge in [0, 0.05) is 49.5 Å². The van der Waals surface area contributed by atoms with Crippen LogP contribution in [0.5, 0.6) is 0 Å². The molecule has 4 rings (SSSR count). The summed E-state index contributed by atoms with van der Waals surface area (Å²) in [5.41, 5.74) is 1.94. The molecule has 0 saturated carbocycles. The zero-order valence-corrected chi connectivity index (χ0v) is 17.2. The van der Waals surface area contributed by atoms with E-state index in [9.17, 15) is 4.79 Å². The van der Waals surface area contributed by atoms with E-state index in [1.54, 1.807) is 30.3 Å². The Bertz CT molecular complexity index is 992. The molecule has 0 radical (unpaired) electrons. The maximum absolute atomic E-state index is 12.3. The highest BCUT2D eigenvalue weighted by Gasteiger charge is 2.19. The molecule has 1 saturated heterocycles. The van der Waals surface area contributed by atoms with Crippen LogP contribution < -0.4 is 15.5 Å². The minimum Gasteiger partial charge on any atom is -0.354 e. The van der Waals surface area contributed by atoms with Crippen molar-refractivity contribution >= 4 is 35.0 Å². The van der Waals surface area contributed by atoms with E-state index in [0.29, 0.717) is 16.5 Å². The Morgan fingerprint density at radius 3 is 2.50 bits per heavy atom. The first-order valence-electron chi connectivity index (χ1n) is 9.82. The average molecular weight is 423 g/mol. The molecule has 2 amide bonds. The quantitative estimate of drug-likeness (QED) is 0.647. The van der Waals surface area contributed by atoms with Crippen LogP contribution in [0.25, 0.3) is 0 Å². The molecule has 0 aliphatic carbocycles. The molecular formula is C22H23ClN6O. The van der Waals surface area contributed by atoms with Crippen LogP contribution in [0.2, 0.25) is 5.02 Å². The van der Waals surface area contributed by atoms with Crippen LogP contribution >= 0.6 is 11.6 Å². The number of aromatic nitrogens is 2. The highest BCUT2D eigenvalue weighted by atomic mass is 35.5. The fraction of sp³-hybridized carbons (Fsp3) is 0.227. The van der Waals surface area contributed by atoms with Gasteiger partial charge in [0.1, 0.15) is 18.0 Å². The molecule has 2 aromatic carbocycles. The zero-order valence-electron chi connectivity index (χ0n) is 16.5. The third-order valence-corrected chi connectivity index (χ3v) is 5.16. The van der Waals surface area contributed by atoms with Crippen LogP contribution in [-0.4, -0.2) is 47.1 Å². The fourth-order valence-electron chi connectivity index (χ4n) is 3.41. The number of hydrogen-bond donors (Lipinski definition) is 2. The van der Waals surface area contributed by atoms with Crippen molar-refractivity contribution in [2.45, 2.75) is 6.54 Å². The van der Waals surface area contributed by atoms with Gasteiger partial charge in [-0.3, -0.25) is 10.2 Å². The van der Waals surface area contributed by atoms with E-state index in [4.69, 9.17) is 11.6 Å². The summed E-state index contributed by atoms with van der Waals surface area (Å²) in [7, 11) is 0. The predicted octanol–water partition coefficient (Wildman–Crippen LogP) is 4.10. The maximum atomic E-state index is 12.3. The van der Waals surface area contributed by atoms with Gasteiger partial charge in [-0.1, -0.05) is 48.0 Å². The van der Waals surface area contributed by atoms with Gasteiger partial charge in [-0.15, -0.1) is 0 Å². The van der Waals surface area contributed by atoms with Crippen molar-refractivity contribution in [3.63, 3.8) is 0 Å². The molecule has 2 N–H and O–H groups in total. The van der Waals surface area contributed by atoms with E-state index in [2.05, 4.69) is 54.7 Å². The first kappa shape index (κ1) is 20.1. The van der Waals surface area contributed by atoms with Crippen LogP contribution in [0.15, 0.2) is 67.0 Å². The average Bonchev–Trinajstić information content (AvgIpc) is 2.75. The molecule has 0 spiro atoms. The normalized spacial score (nSPS) is 14.4. The van der Waals surface area contributed by atoms with Gasteiger partial charge in [0.25, 0.3) is 0 Å². The summed E-state index contributed by atoms with van der Waals surface area (Å²) in [4.78, 5) is 25.4. The van der Waals surface area contributed by atoms with Crippen molar-refractivity contribution < 1.29 is 4.79 Å². The number of halogens is 1. The van der Waals surface area contributed by atoms with E-state index in [1.165, 1.54) is 11.9 Å². The number of nitrogens with one attached hydrogen (secondary N) is 2. The number of anilines is 3. The van der Waals surface area contributed by atoms with Gasteiger partial charge in [0.15, 0.2) is 0 Å². The van der Waals surface area contributed by atoms with E-state index >= 15 is 0 Å². The van der Waals surface area contributed by atoms with Gasteiger partial charge in [-0.25, -0.2) is 14.8 Å². The van der Waals surface area contributed by atoms with Crippen molar-refractivity contribution in [1.29, 1.82) is 0 Å². The van der Waals surface area contributed by atoms with Gasteiger partial charge < -0.3 is 10.2 Å². The lowest BCUT2D eigenvalue weighted by Crippen LogP contribution is -2.46. The minimum absolute atomic E-state index is 0.380. The number of benzene rings is 2. The van der Waals surface area contributed by atoms with E-state index in [0.717, 1.165) is 38.5 Å². The molecule has 3 aromatic rings. The smallest absolute Gasteiger partial charge is 0.324 e. The number of urea groups is 1. The monoisotopic (exact) mass is 422 g/mol. The maximum Gasteiger partial charge on any atom is 0.324 e. The first-order valence-corrected chi connectivity index (χ1v) is 10.2. The standard InChI is InChI=1S/C22H23ClN6O/c23-18-7-4-8-19(13-18)26-22(30)27-20-14-21(25-16-24-20)29-11-9-28(10-12-29)15-17-5-2-1-3-6-17/h1-8,13-14,16H,9-12,15H2,(H2,24,25,26,27,30). The molecule has 2 heterocycles. The van der Waals surface area contributed by atoms with Crippen LogP contribution in [0.3, 0.4) is 0 Å². The second-order valence-electron chi connectivity index (χ2n) is 7.10. The SMILES string of the molecule is O=C(Nc1cccc(Cl)c1)Nc1cc(N2CCN(Cc3ccccc3)CC2)ncn1. The van der Waals surface area contributed by atoms with Gasteiger partial charge in [0.05, 0.1) is 0 Å². The Morgan fingerprint density at radius 2 is 1.73 bits per heavy atom. The Balaban J connectivity index is 1.32. The summed E-state index contributed by atoms with van der Waals surface area (Å²) in [6, 6.07) is 18.9. The highest BCUT2D eigenvalue weighted by Crippen LogP contribution is 2.18. The number of rotatable bonds is 5. The molecule has 7 nitrogen and oxygen atoms in total. The molecular weight excluding hydrogens is 400 g/mol. The van der Waals surface area contributed by atoms with E-state index in [1.807, 2.05) is 6.07 Å². The third kappa shape index (κ3) is 5.46. The molecule has 1 fully saturated rings. The lowest BCUT2D eigenvalue weighted by Gasteiger charge is -2.35. The van der Waals surface area contributed by atoms with Crippen molar-refractivity contribution in [3.8, 4) is 0 Å². The van der Waals surface area contributed by atoms with Crippen molar-refractivity contribution in [1.82, 2.24) is 14.9 Å². The Labute approximate surface area is 180 Å². The molecule has 154 valence electrons. The van der Waals surface area contributed by atoms with Crippen LogP contribution in [0.4, 0.5) is 22.1 Å². The first-order chi connectivity index (χ1) is 14.7. The minimum atomic E-state index is -0.380. The largest absolute Gasteiger partial charge is 0.354 e. The second-order valence-corrected chi connectivity index (χ2v) is 7.54. The number of carbonyl (C=O) groups excluding carboxylic acids is 1. The third-order valence-electron chi connectivity index (χ3n) is 4.92. The number of hydrogen-bond acceptors (Lipinski definition) is 5. The molecule has 8 heteroatoms. The summed E-state index contributed by atoms with van der Waals surface area (Å²) in [6.07, 6.45) is 1.47. The van der Waals surface area contributed by atoms with E-state index in [-0.39, 0.29) is 6.03 Å². The van der Waals surface area contributed by atoms with Crippen molar-refractivity contribution in [2.75, 3.05) is 41.7 Å². The predicted molar refractivity (Wildman–Crippen MR) is 120 cm³/mol. The number of carbonyl (C=O) groups is 1. The van der Waals surface area contributed by atoms with Crippen LogP contribution in [0, 0.1) is 0 Å². The molecule has 30 heavy (non-hydrogen) atoms. The Kier molecular flexibility index (Phi) is 6.41. The van der Waals surface area contributed by atoms with Crippen LogP contribution in [0.1, 0.15) is 5.56 Å². The fourth-order valence-corrected chi connectivity index (χ4v) is 3.60. The molecule has 1 aliphatic heterocycles. The summed E-state index contributed by atoms with van der Waals surface area (Å²) < 4.78 is 0. The Morgan fingerprint density at radius 1 is 0.933 bits per heavy atom. The number of nitrogens with zero attached hydrogens (tertiary/aromatic N) is 4. The van der Waals surface area contributed by atoms with Gasteiger partial charge in [-0.05, 0) is 23.8 Å². The summed E-state index contributed by atoms with van der Waals surface area (Å²) in [5, 5.41) is 6.05. The molecule has 0 bridgehead atoms. The van der Waals surface area contributed by atoms with Crippen LogP contribution in [-0.2, 0) is 6.54 Å². The summed E-state index contributed by atoms with van der Waals surface area (Å²) in [6.45, 7) is 4.61. The Hall–Kier alpha value is -3.16.